The van der Waals surface area contributed by atoms with Crippen LogP contribution in [0.1, 0.15) is 37.3 Å². The van der Waals surface area contributed by atoms with E-state index in [9.17, 15) is 0 Å². The van der Waals surface area contributed by atoms with E-state index in [1.54, 1.807) is 30.3 Å². The highest BCUT2D eigenvalue weighted by Crippen LogP contribution is 2.31. The van der Waals surface area contributed by atoms with Crippen LogP contribution in [0, 0.1) is 22.7 Å². The molecule has 1 unspecified atom stereocenters. The normalized spacial score (nSPS) is 11.5. The second kappa shape index (κ2) is 9.73. The Kier molecular flexibility index (Phi) is 6.39. The summed E-state index contributed by atoms with van der Waals surface area (Å²) in [6.45, 7) is 2.12. The van der Waals surface area contributed by atoms with Crippen LogP contribution in [0.5, 0.6) is 11.5 Å². The van der Waals surface area contributed by atoms with Crippen LogP contribution in [0.3, 0.4) is 0 Å². The highest BCUT2D eigenvalue weighted by Gasteiger charge is 2.14. The average molecular weight is 422 g/mol. The number of ether oxygens (including phenoxy) is 2. The van der Waals surface area contributed by atoms with Gasteiger partial charge in [-0.2, -0.15) is 10.5 Å². The zero-order valence-corrected chi connectivity index (χ0v) is 17.7. The lowest BCUT2D eigenvalue weighted by molar-refractivity contribution is -0.00209. The van der Waals surface area contributed by atoms with Crippen LogP contribution in [0.2, 0.25) is 0 Å². The minimum absolute atomic E-state index is 0.452. The Morgan fingerprint density at radius 2 is 1.59 bits per heavy atom. The number of hydrogen-bond donors (Lipinski definition) is 0. The van der Waals surface area contributed by atoms with Crippen molar-refractivity contribution < 1.29 is 13.9 Å². The van der Waals surface area contributed by atoms with Crippen molar-refractivity contribution in [3.05, 3.63) is 83.9 Å². The topological polar surface area (TPSA) is 79.2 Å². The maximum absolute atomic E-state index is 9.11. The Morgan fingerprint density at radius 1 is 0.844 bits per heavy atom. The quantitative estimate of drug-likeness (QED) is 0.291. The summed E-state index contributed by atoms with van der Waals surface area (Å²) in [5.74, 6) is 2.04. The molecule has 0 bridgehead atoms. The Hall–Kier alpha value is -4.22. The largest absolute Gasteiger partial charge is 0.456 e. The van der Waals surface area contributed by atoms with Crippen molar-refractivity contribution in [3.63, 3.8) is 0 Å². The van der Waals surface area contributed by atoms with Crippen molar-refractivity contribution in [1.29, 1.82) is 10.5 Å². The lowest BCUT2D eigenvalue weighted by Crippen LogP contribution is -2.24. The van der Waals surface area contributed by atoms with Gasteiger partial charge in [0.05, 0.1) is 23.3 Å². The van der Waals surface area contributed by atoms with E-state index >= 15 is 0 Å². The van der Waals surface area contributed by atoms with Gasteiger partial charge in [0.25, 0.3) is 0 Å². The van der Waals surface area contributed by atoms with Gasteiger partial charge in [0.2, 0.25) is 6.29 Å². The van der Waals surface area contributed by atoms with Crippen molar-refractivity contribution in [2.24, 2.45) is 0 Å². The fourth-order valence-corrected chi connectivity index (χ4v) is 3.40. The van der Waals surface area contributed by atoms with E-state index in [4.69, 9.17) is 24.4 Å². The van der Waals surface area contributed by atoms with Gasteiger partial charge in [-0.05, 0) is 67.1 Å². The predicted octanol–water partition coefficient (Wildman–Crippen LogP) is 6.82. The first kappa shape index (κ1) is 21.0. The molecule has 0 aliphatic heterocycles. The number of benzene rings is 3. The van der Waals surface area contributed by atoms with E-state index in [0.29, 0.717) is 28.4 Å². The van der Waals surface area contributed by atoms with Crippen LogP contribution in [0.15, 0.2) is 77.2 Å². The molecule has 0 saturated carbocycles. The summed E-state index contributed by atoms with van der Waals surface area (Å²) in [5.41, 5.74) is 2.80. The minimum Gasteiger partial charge on any atom is -0.456 e. The molecule has 1 aromatic heterocycles. The zero-order chi connectivity index (χ0) is 22.3. The van der Waals surface area contributed by atoms with E-state index in [0.717, 1.165) is 35.8 Å². The monoisotopic (exact) mass is 422 g/mol. The van der Waals surface area contributed by atoms with E-state index in [2.05, 4.69) is 19.1 Å². The molecule has 0 aliphatic rings. The van der Waals surface area contributed by atoms with E-state index in [1.165, 1.54) is 0 Å². The summed E-state index contributed by atoms with van der Waals surface area (Å²) in [4.78, 5) is 0. The molecular weight excluding hydrogens is 400 g/mol. The molecule has 0 amide bonds. The molecule has 0 radical (unpaired) electrons. The van der Waals surface area contributed by atoms with Gasteiger partial charge in [-0.3, -0.25) is 0 Å². The van der Waals surface area contributed by atoms with Crippen molar-refractivity contribution in [3.8, 4) is 35.0 Å². The second-order valence-corrected chi connectivity index (χ2v) is 7.45. The van der Waals surface area contributed by atoms with Crippen molar-refractivity contribution in [1.82, 2.24) is 0 Å². The molecule has 0 fully saturated rings. The predicted molar refractivity (Wildman–Crippen MR) is 122 cm³/mol. The summed E-state index contributed by atoms with van der Waals surface area (Å²) >= 11 is 0. The lowest BCUT2D eigenvalue weighted by Gasteiger charge is -2.21. The van der Waals surface area contributed by atoms with Gasteiger partial charge in [0.15, 0.2) is 0 Å². The zero-order valence-electron chi connectivity index (χ0n) is 17.7. The first-order valence-corrected chi connectivity index (χ1v) is 10.6. The summed E-state index contributed by atoms with van der Waals surface area (Å²) in [6.07, 6.45) is 2.28. The molecule has 32 heavy (non-hydrogen) atoms. The maximum atomic E-state index is 9.11. The molecule has 1 atom stereocenters. The van der Waals surface area contributed by atoms with Gasteiger partial charge < -0.3 is 13.9 Å². The fourth-order valence-electron chi connectivity index (χ4n) is 3.40. The van der Waals surface area contributed by atoms with Gasteiger partial charge in [-0.1, -0.05) is 25.5 Å². The van der Waals surface area contributed by atoms with Crippen molar-refractivity contribution >= 4 is 11.0 Å². The number of nitrogens with zero attached hydrogens (tertiary/aromatic N) is 2. The summed E-state index contributed by atoms with van der Waals surface area (Å²) in [7, 11) is 0. The summed E-state index contributed by atoms with van der Waals surface area (Å²) < 4.78 is 18.2. The maximum Gasteiger partial charge on any atom is 0.241 e. The molecule has 158 valence electrons. The van der Waals surface area contributed by atoms with Crippen LogP contribution in [0.25, 0.3) is 22.3 Å². The van der Waals surface area contributed by atoms with Crippen LogP contribution in [-0.2, 0) is 0 Å². The van der Waals surface area contributed by atoms with Crippen molar-refractivity contribution in [2.75, 3.05) is 0 Å². The Balaban J connectivity index is 1.55. The van der Waals surface area contributed by atoms with E-state index in [-0.39, 0.29) is 0 Å². The lowest BCUT2D eigenvalue weighted by atomic mass is 10.1. The Bertz CT molecular complexity index is 1290. The Morgan fingerprint density at radius 3 is 2.34 bits per heavy atom. The highest BCUT2D eigenvalue weighted by atomic mass is 16.7. The van der Waals surface area contributed by atoms with E-state index in [1.807, 2.05) is 42.5 Å². The molecule has 0 N–H and O–H groups in total. The minimum atomic E-state index is -0.452. The standard InChI is InChI=1S/C27H22N2O3/c1-2-3-7-27(30-23-11-8-19(17-28)9-12-23)31-24-6-4-5-21(15-24)26-16-22-14-20(18-29)10-13-25(22)32-26/h4-6,8-16,27H,2-3,7H2,1H3. The number of fused-ring (bicyclic) bond motifs is 1. The van der Waals surface area contributed by atoms with Gasteiger partial charge in [0.1, 0.15) is 22.8 Å². The van der Waals surface area contributed by atoms with Gasteiger partial charge in [0, 0.05) is 17.4 Å². The molecule has 5 heteroatoms. The van der Waals surface area contributed by atoms with Crippen molar-refractivity contribution in [2.45, 2.75) is 32.5 Å². The molecule has 5 nitrogen and oxygen atoms in total. The molecule has 0 spiro atoms. The van der Waals surface area contributed by atoms with Crippen LogP contribution in [0.4, 0.5) is 0 Å². The van der Waals surface area contributed by atoms with E-state index < -0.39 is 6.29 Å². The molecule has 3 aromatic carbocycles. The molecular formula is C27H22N2O3. The second-order valence-electron chi connectivity index (χ2n) is 7.45. The number of furan rings is 1. The number of rotatable bonds is 8. The third-order valence-electron chi connectivity index (χ3n) is 5.08. The van der Waals surface area contributed by atoms with Crippen LogP contribution < -0.4 is 9.47 Å². The third kappa shape index (κ3) is 4.91. The van der Waals surface area contributed by atoms with Crippen LogP contribution in [-0.4, -0.2) is 6.29 Å². The SMILES string of the molecule is CCCCC(Oc1ccc(C#N)cc1)Oc1cccc(-c2cc3cc(C#N)ccc3o2)c1. The first-order chi connectivity index (χ1) is 15.7. The first-order valence-electron chi connectivity index (χ1n) is 10.6. The smallest absolute Gasteiger partial charge is 0.241 e. The molecule has 0 saturated heterocycles. The number of unbranched alkanes of at least 4 members (excludes halogenated alkanes) is 1. The summed E-state index contributed by atoms with van der Waals surface area (Å²) in [5, 5.41) is 19.0. The third-order valence-corrected chi connectivity index (χ3v) is 5.08. The number of hydrogen-bond acceptors (Lipinski definition) is 5. The average Bonchev–Trinajstić information content (AvgIpc) is 3.26. The fraction of sp³-hybridized carbons (Fsp3) is 0.185. The number of nitriles is 2. The van der Waals surface area contributed by atoms with Crippen LogP contribution >= 0.6 is 0 Å². The highest BCUT2D eigenvalue weighted by molar-refractivity contribution is 5.84. The van der Waals surface area contributed by atoms with Gasteiger partial charge >= 0.3 is 0 Å². The van der Waals surface area contributed by atoms with Gasteiger partial charge in [-0.25, -0.2) is 0 Å². The Labute approximate surface area is 187 Å². The van der Waals surface area contributed by atoms with Gasteiger partial charge in [-0.15, -0.1) is 0 Å². The molecule has 4 rings (SSSR count). The molecule has 4 aromatic rings. The molecule has 1 heterocycles. The molecule has 0 aliphatic carbocycles. The summed E-state index contributed by atoms with van der Waals surface area (Å²) in [6, 6.07) is 26.2.